The van der Waals surface area contributed by atoms with Gasteiger partial charge >= 0.3 is 5.97 Å². The first-order chi connectivity index (χ1) is 16.2. The number of ether oxygens (including phenoxy) is 2. The molecule has 4 aromatic rings. The van der Waals surface area contributed by atoms with E-state index in [1.807, 2.05) is 0 Å². The van der Waals surface area contributed by atoms with Crippen LogP contribution in [0, 0.1) is 25.5 Å². The Hall–Kier alpha value is -4.27. The number of carbonyl (C=O) groups excluding carboxylic acids is 1. The van der Waals surface area contributed by atoms with E-state index in [9.17, 15) is 23.5 Å². The van der Waals surface area contributed by atoms with E-state index in [0.29, 0.717) is 10.9 Å². The van der Waals surface area contributed by atoms with Crippen LogP contribution in [0.5, 0.6) is 17.4 Å². The van der Waals surface area contributed by atoms with Crippen LogP contribution in [0.4, 0.5) is 8.78 Å². The van der Waals surface area contributed by atoms with Crippen molar-refractivity contribution in [2.24, 2.45) is 0 Å². The second kappa shape index (κ2) is 8.93. The van der Waals surface area contributed by atoms with E-state index in [-0.39, 0.29) is 40.8 Å². The second-order valence-electron chi connectivity index (χ2n) is 7.52. The van der Waals surface area contributed by atoms with E-state index in [1.54, 1.807) is 37.3 Å². The van der Waals surface area contributed by atoms with Gasteiger partial charge in [0.15, 0.2) is 17.4 Å². The number of fused-ring (bicyclic) bond motifs is 1. The fraction of sp³-hybridized carbons (Fsp3) is 0.160. The Morgan fingerprint density at radius 3 is 2.62 bits per heavy atom. The predicted octanol–water partition coefficient (Wildman–Crippen LogP) is 5.16. The molecule has 0 spiro atoms. The van der Waals surface area contributed by atoms with E-state index >= 15 is 0 Å². The van der Waals surface area contributed by atoms with Crippen molar-refractivity contribution < 1.29 is 28.2 Å². The van der Waals surface area contributed by atoms with Crippen LogP contribution >= 0.6 is 0 Å². The van der Waals surface area contributed by atoms with Crippen LogP contribution in [0.25, 0.3) is 22.2 Å². The molecule has 0 bridgehead atoms. The van der Waals surface area contributed by atoms with Crippen LogP contribution in [0.2, 0.25) is 0 Å². The number of aromatic nitrogens is 2. The fourth-order valence-corrected chi connectivity index (χ4v) is 3.52. The average molecular weight is 466 g/mol. The van der Waals surface area contributed by atoms with Crippen molar-refractivity contribution in [3.05, 3.63) is 81.1 Å². The lowest BCUT2D eigenvalue weighted by atomic mass is 10.0. The fourth-order valence-electron chi connectivity index (χ4n) is 3.52. The lowest BCUT2D eigenvalue weighted by Gasteiger charge is -2.16. The first-order valence-corrected chi connectivity index (χ1v) is 10.4. The van der Waals surface area contributed by atoms with Crippen molar-refractivity contribution in [1.29, 1.82) is 0 Å². The molecular weight excluding hydrogens is 446 g/mol. The van der Waals surface area contributed by atoms with Crippen molar-refractivity contribution in [2.75, 3.05) is 6.61 Å². The van der Waals surface area contributed by atoms with E-state index in [1.165, 1.54) is 19.9 Å². The number of rotatable bonds is 5. The highest BCUT2D eigenvalue weighted by molar-refractivity contribution is 5.98. The number of aromatic amines is 1. The van der Waals surface area contributed by atoms with Gasteiger partial charge in [-0.05, 0) is 45.0 Å². The number of aromatic hydroxyl groups is 1. The Labute approximate surface area is 192 Å². The SMILES string of the molecule is CCOC(=O)c1c(-c2cc3ccccc3nc2Oc2ccc(F)c(F)c2C)[nH]c(C)c(O)c1=O. The molecule has 9 heteroatoms. The van der Waals surface area contributed by atoms with Gasteiger partial charge in [-0.3, -0.25) is 4.79 Å². The van der Waals surface area contributed by atoms with Gasteiger partial charge in [0.05, 0.1) is 29.1 Å². The number of H-pyrrole nitrogens is 1. The monoisotopic (exact) mass is 466 g/mol. The molecule has 174 valence electrons. The molecular formula is C25H20F2N2O5. The topological polar surface area (TPSA) is 102 Å². The summed E-state index contributed by atoms with van der Waals surface area (Å²) in [5, 5.41) is 10.8. The van der Waals surface area contributed by atoms with E-state index in [0.717, 1.165) is 6.07 Å². The summed E-state index contributed by atoms with van der Waals surface area (Å²) >= 11 is 0. The summed E-state index contributed by atoms with van der Waals surface area (Å²) in [7, 11) is 0. The van der Waals surface area contributed by atoms with Gasteiger partial charge < -0.3 is 19.6 Å². The second-order valence-corrected chi connectivity index (χ2v) is 7.52. The number of carbonyl (C=O) groups is 1. The van der Waals surface area contributed by atoms with Crippen LogP contribution in [0.1, 0.15) is 28.5 Å². The Morgan fingerprint density at radius 2 is 1.88 bits per heavy atom. The van der Waals surface area contributed by atoms with Crippen LogP contribution in [-0.4, -0.2) is 27.7 Å². The molecule has 7 nitrogen and oxygen atoms in total. The van der Waals surface area contributed by atoms with Crippen molar-refractivity contribution in [3.63, 3.8) is 0 Å². The summed E-state index contributed by atoms with van der Waals surface area (Å²) in [6.07, 6.45) is 0. The standard InChI is InChI=1S/C25H20F2N2O5/c1-4-33-25(32)19-21(28-13(3)22(30)23(19)31)15-11-14-7-5-6-8-17(14)29-24(15)34-18-10-9-16(26)20(27)12(18)2/h5-11,30H,4H2,1-3H3,(H,28,31). The predicted molar refractivity (Wildman–Crippen MR) is 121 cm³/mol. The molecule has 0 saturated carbocycles. The average Bonchev–Trinajstić information content (AvgIpc) is 2.82. The number of aryl methyl sites for hydroxylation is 1. The number of benzene rings is 2. The minimum Gasteiger partial charge on any atom is -0.503 e. The third-order valence-corrected chi connectivity index (χ3v) is 5.29. The van der Waals surface area contributed by atoms with Gasteiger partial charge in [-0.15, -0.1) is 0 Å². The molecule has 0 unspecified atom stereocenters. The Bertz CT molecular complexity index is 1500. The molecule has 4 rings (SSSR count). The maximum atomic E-state index is 14.2. The molecule has 0 atom stereocenters. The molecule has 0 radical (unpaired) electrons. The first kappa shape index (κ1) is 22.9. The number of nitrogens with zero attached hydrogens (tertiary/aromatic N) is 1. The minimum absolute atomic E-state index is 0.000268. The highest BCUT2D eigenvalue weighted by Gasteiger charge is 2.26. The number of hydrogen-bond acceptors (Lipinski definition) is 6. The van der Waals surface area contributed by atoms with Gasteiger partial charge in [-0.25, -0.2) is 18.6 Å². The highest BCUT2D eigenvalue weighted by atomic mass is 19.2. The highest BCUT2D eigenvalue weighted by Crippen LogP contribution is 2.37. The number of hydrogen-bond donors (Lipinski definition) is 2. The number of pyridine rings is 2. The molecule has 0 aliphatic heterocycles. The van der Waals surface area contributed by atoms with E-state index in [4.69, 9.17) is 9.47 Å². The first-order valence-electron chi connectivity index (χ1n) is 10.4. The van der Waals surface area contributed by atoms with Crippen LogP contribution in [0.15, 0.2) is 47.3 Å². The molecule has 2 aromatic carbocycles. The van der Waals surface area contributed by atoms with E-state index < -0.39 is 34.3 Å². The third-order valence-electron chi connectivity index (χ3n) is 5.29. The quantitative estimate of drug-likeness (QED) is 0.394. The molecule has 0 aliphatic rings. The summed E-state index contributed by atoms with van der Waals surface area (Å²) in [6.45, 7) is 4.40. The molecule has 0 fully saturated rings. The Morgan fingerprint density at radius 1 is 1.15 bits per heavy atom. The zero-order valence-electron chi connectivity index (χ0n) is 18.5. The lowest BCUT2D eigenvalue weighted by Crippen LogP contribution is -2.21. The summed E-state index contributed by atoms with van der Waals surface area (Å²) < 4.78 is 38.7. The Kier molecular flexibility index (Phi) is 6.02. The normalized spacial score (nSPS) is 11.0. The largest absolute Gasteiger partial charge is 0.503 e. The third kappa shape index (κ3) is 3.96. The molecule has 0 saturated heterocycles. The zero-order chi connectivity index (χ0) is 24.6. The van der Waals surface area contributed by atoms with Crippen molar-refractivity contribution in [1.82, 2.24) is 9.97 Å². The maximum Gasteiger partial charge on any atom is 0.344 e. The minimum atomic E-state index is -1.07. The molecule has 2 heterocycles. The zero-order valence-corrected chi connectivity index (χ0v) is 18.5. The molecule has 2 aromatic heterocycles. The lowest BCUT2D eigenvalue weighted by molar-refractivity contribution is 0.0524. The van der Waals surface area contributed by atoms with Gasteiger partial charge in [0, 0.05) is 10.9 Å². The Balaban J connectivity index is 2.03. The van der Waals surface area contributed by atoms with Crippen molar-refractivity contribution in [2.45, 2.75) is 20.8 Å². The summed E-state index contributed by atoms with van der Waals surface area (Å²) in [5.41, 5.74) is -0.616. The van der Waals surface area contributed by atoms with Crippen LogP contribution in [-0.2, 0) is 4.74 Å². The maximum absolute atomic E-state index is 14.2. The smallest absolute Gasteiger partial charge is 0.344 e. The summed E-state index contributed by atoms with van der Waals surface area (Å²) in [4.78, 5) is 32.9. The van der Waals surface area contributed by atoms with Crippen molar-refractivity contribution in [3.8, 4) is 28.6 Å². The summed E-state index contributed by atoms with van der Waals surface area (Å²) in [5.74, 6) is -3.74. The number of nitrogens with one attached hydrogen (secondary N) is 1. The summed E-state index contributed by atoms with van der Waals surface area (Å²) in [6, 6.07) is 10.9. The van der Waals surface area contributed by atoms with Gasteiger partial charge in [0.2, 0.25) is 11.3 Å². The van der Waals surface area contributed by atoms with E-state index in [2.05, 4.69) is 9.97 Å². The number of para-hydroxylation sites is 1. The van der Waals surface area contributed by atoms with Crippen LogP contribution < -0.4 is 10.2 Å². The van der Waals surface area contributed by atoms with Gasteiger partial charge in [0.1, 0.15) is 11.3 Å². The number of halogens is 2. The number of esters is 1. The molecule has 2 N–H and O–H groups in total. The van der Waals surface area contributed by atoms with Gasteiger partial charge in [-0.2, -0.15) is 0 Å². The molecule has 0 amide bonds. The van der Waals surface area contributed by atoms with Gasteiger partial charge in [0.25, 0.3) is 0 Å². The molecule has 0 aliphatic carbocycles. The van der Waals surface area contributed by atoms with Crippen LogP contribution in [0.3, 0.4) is 0 Å². The van der Waals surface area contributed by atoms with Crippen molar-refractivity contribution >= 4 is 16.9 Å². The molecule has 34 heavy (non-hydrogen) atoms. The van der Waals surface area contributed by atoms with Gasteiger partial charge in [-0.1, -0.05) is 18.2 Å².